The number of hydrogen-bond donors (Lipinski definition) is 3. The fourth-order valence-electron chi connectivity index (χ4n) is 4.93. The highest BCUT2D eigenvalue weighted by molar-refractivity contribution is 6.28. The number of aliphatic hydroxyl groups excluding tert-OH is 1. The van der Waals surface area contributed by atoms with Crippen LogP contribution in [0.5, 0.6) is 5.75 Å². The van der Waals surface area contributed by atoms with Crippen LogP contribution in [-0.4, -0.2) is 48.4 Å². The number of methoxy groups -OCH3 is 1. The number of amides is 1. The third-order valence-corrected chi connectivity index (χ3v) is 7.08. The van der Waals surface area contributed by atoms with Crippen LogP contribution in [0.4, 0.5) is 0 Å². The molecule has 1 aliphatic rings. The maximum Gasteiger partial charge on any atom is 0.251 e. The summed E-state index contributed by atoms with van der Waals surface area (Å²) in [5.41, 5.74) is 3.39. The highest BCUT2D eigenvalue weighted by Crippen LogP contribution is 2.28. The zero-order chi connectivity index (χ0) is 28.1. The van der Waals surface area contributed by atoms with Gasteiger partial charge in [-0.2, -0.15) is 0 Å². The molecule has 4 aromatic rings. The summed E-state index contributed by atoms with van der Waals surface area (Å²) >= 11 is 0. The van der Waals surface area contributed by atoms with E-state index in [0.717, 1.165) is 16.9 Å². The first-order chi connectivity index (χ1) is 19.4. The highest BCUT2D eigenvalue weighted by Gasteiger charge is 2.30. The largest absolute Gasteiger partial charge is 0.497 e. The van der Waals surface area contributed by atoms with Gasteiger partial charge in [-0.05, 0) is 47.9 Å². The maximum atomic E-state index is 13.4. The summed E-state index contributed by atoms with van der Waals surface area (Å²) in [5.74, 6) is -0.212. The Balaban J connectivity index is 1.32. The summed E-state index contributed by atoms with van der Waals surface area (Å²) in [6, 6.07) is 27.9. The fourth-order valence-corrected chi connectivity index (χ4v) is 4.93. The lowest BCUT2D eigenvalue weighted by molar-refractivity contribution is 0.0829. The Morgan fingerprint density at radius 3 is 2.15 bits per heavy atom. The van der Waals surface area contributed by atoms with E-state index >= 15 is 0 Å². The van der Waals surface area contributed by atoms with Crippen molar-refractivity contribution in [2.24, 2.45) is 0 Å². The third kappa shape index (κ3) is 5.86. The SMILES string of the molecule is COc1cccc(CNC[C@@H](O)[C@H](Cc2ccccc2)NC(=O)c2ccc3c(c2)C(=O)c2ccccc2C3=O)c1. The van der Waals surface area contributed by atoms with Gasteiger partial charge in [0.2, 0.25) is 0 Å². The van der Waals surface area contributed by atoms with Crippen molar-refractivity contribution in [2.45, 2.75) is 25.1 Å². The zero-order valence-electron chi connectivity index (χ0n) is 22.1. The van der Waals surface area contributed by atoms with Crippen LogP contribution in [0.15, 0.2) is 97.1 Å². The van der Waals surface area contributed by atoms with Gasteiger partial charge in [-0.3, -0.25) is 14.4 Å². The molecule has 0 bridgehead atoms. The van der Waals surface area contributed by atoms with Crippen LogP contribution in [0.1, 0.15) is 53.3 Å². The van der Waals surface area contributed by atoms with Gasteiger partial charge in [-0.15, -0.1) is 0 Å². The minimum absolute atomic E-state index is 0.205. The van der Waals surface area contributed by atoms with Gasteiger partial charge in [0.05, 0.1) is 19.3 Å². The molecule has 0 saturated heterocycles. The van der Waals surface area contributed by atoms with E-state index < -0.39 is 18.1 Å². The van der Waals surface area contributed by atoms with Crippen molar-refractivity contribution in [1.29, 1.82) is 0 Å². The number of hydrogen-bond acceptors (Lipinski definition) is 6. The third-order valence-electron chi connectivity index (χ3n) is 7.08. The van der Waals surface area contributed by atoms with Gasteiger partial charge in [0.1, 0.15) is 5.75 Å². The number of rotatable bonds is 10. The van der Waals surface area contributed by atoms with Crippen molar-refractivity contribution in [3.63, 3.8) is 0 Å². The summed E-state index contributed by atoms with van der Waals surface area (Å²) in [6.07, 6.45) is -0.493. The lowest BCUT2D eigenvalue weighted by Gasteiger charge is -2.25. The van der Waals surface area contributed by atoms with E-state index in [-0.39, 0.29) is 34.8 Å². The standard InChI is InChI=1S/C33H30N2O5/c1-40-24-11-7-10-22(16-24)19-34-20-30(36)29(17-21-8-3-2-4-9-21)35-33(39)23-14-15-27-28(18-23)32(38)26-13-6-5-12-25(26)31(27)37/h2-16,18,29-30,34,36H,17,19-20H2,1H3,(H,35,39)/t29-,30+/m0/s1. The topological polar surface area (TPSA) is 105 Å². The van der Waals surface area contributed by atoms with Crippen molar-refractivity contribution in [2.75, 3.05) is 13.7 Å². The quantitative estimate of drug-likeness (QED) is 0.251. The molecule has 0 aliphatic heterocycles. The normalized spacial score (nSPS) is 13.7. The van der Waals surface area contributed by atoms with Gasteiger partial charge in [0, 0.05) is 40.9 Å². The van der Waals surface area contributed by atoms with Crippen molar-refractivity contribution >= 4 is 17.5 Å². The van der Waals surface area contributed by atoms with E-state index in [2.05, 4.69) is 10.6 Å². The molecule has 40 heavy (non-hydrogen) atoms. The second-order valence-electron chi connectivity index (χ2n) is 9.78. The number of aliphatic hydroxyl groups is 1. The molecule has 7 nitrogen and oxygen atoms in total. The molecule has 0 spiro atoms. The Morgan fingerprint density at radius 1 is 0.775 bits per heavy atom. The molecule has 0 unspecified atom stereocenters. The molecular formula is C33H30N2O5. The summed E-state index contributed by atoms with van der Waals surface area (Å²) in [4.78, 5) is 39.5. The average molecular weight is 535 g/mol. The van der Waals surface area contributed by atoms with Gasteiger partial charge in [0.15, 0.2) is 11.6 Å². The molecule has 2 atom stereocenters. The van der Waals surface area contributed by atoms with Crippen molar-refractivity contribution in [1.82, 2.24) is 10.6 Å². The van der Waals surface area contributed by atoms with Crippen LogP contribution in [0.2, 0.25) is 0 Å². The van der Waals surface area contributed by atoms with Gasteiger partial charge in [0.25, 0.3) is 5.91 Å². The molecule has 0 aromatic heterocycles. The first-order valence-electron chi connectivity index (χ1n) is 13.1. The van der Waals surface area contributed by atoms with Crippen LogP contribution in [0.3, 0.4) is 0 Å². The van der Waals surface area contributed by atoms with Gasteiger partial charge < -0.3 is 20.5 Å². The molecule has 5 rings (SSSR count). The number of benzene rings is 4. The van der Waals surface area contributed by atoms with Crippen LogP contribution in [0.25, 0.3) is 0 Å². The van der Waals surface area contributed by atoms with E-state index in [1.54, 1.807) is 37.4 Å². The second kappa shape index (κ2) is 12.1. The minimum atomic E-state index is -0.900. The Labute approximate surface area is 232 Å². The summed E-state index contributed by atoms with van der Waals surface area (Å²) in [7, 11) is 1.61. The number of carbonyl (C=O) groups is 3. The van der Waals surface area contributed by atoms with E-state index in [4.69, 9.17) is 4.74 Å². The fraction of sp³-hybridized carbons (Fsp3) is 0.182. The number of nitrogens with one attached hydrogen (secondary N) is 2. The van der Waals surface area contributed by atoms with Gasteiger partial charge in [-0.25, -0.2) is 0 Å². The smallest absolute Gasteiger partial charge is 0.251 e. The Morgan fingerprint density at radius 2 is 1.43 bits per heavy atom. The number of ketones is 2. The maximum absolute atomic E-state index is 13.4. The van der Waals surface area contributed by atoms with E-state index in [1.807, 2.05) is 54.6 Å². The molecule has 4 aromatic carbocycles. The predicted molar refractivity (Wildman–Crippen MR) is 152 cm³/mol. The number of carbonyl (C=O) groups excluding carboxylic acids is 3. The zero-order valence-corrected chi connectivity index (χ0v) is 22.1. The Kier molecular flexibility index (Phi) is 8.15. The first-order valence-corrected chi connectivity index (χ1v) is 13.1. The van der Waals surface area contributed by atoms with Crippen LogP contribution < -0.4 is 15.4 Å². The monoisotopic (exact) mass is 534 g/mol. The van der Waals surface area contributed by atoms with Gasteiger partial charge in [-0.1, -0.05) is 66.7 Å². The molecule has 3 N–H and O–H groups in total. The summed E-state index contributed by atoms with van der Waals surface area (Å²) in [5, 5.41) is 17.3. The lowest BCUT2D eigenvalue weighted by Crippen LogP contribution is -2.48. The van der Waals surface area contributed by atoms with E-state index in [9.17, 15) is 19.5 Å². The lowest BCUT2D eigenvalue weighted by atomic mass is 9.83. The average Bonchev–Trinajstić information content (AvgIpc) is 2.99. The van der Waals surface area contributed by atoms with E-state index in [0.29, 0.717) is 24.1 Å². The van der Waals surface area contributed by atoms with Crippen molar-refractivity contribution < 1.29 is 24.2 Å². The van der Waals surface area contributed by atoms with E-state index in [1.165, 1.54) is 12.1 Å². The molecule has 202 valence electrons. The molecule has 1 amide bonds. The van der Waals surface area contributed by atoms with Gasteiger partial charge >= 0.3 is 0 Å². The molecule has 0 heterocycles. The molecule has 0 radical (unpaired) electrons. The molecular weight excluding hydrogens is 504 g/mol. The number of fused-ring (bicyclic) bond motifs is 2. The molecule has 7 heteroatoms. The van der Waals surface area contributed by atoms with Crippen LogP contribution in [-0.2, 0) is 13.0 Å². The summed E-state index contributed by atoms with van der Waals surface area (Å²) in [6.45, 7) is 0.756. The van der Waals surface area contributed by atoms with Crippen molar-refractivity contribution in [3.05, 3.63) is 136 Å². The second-order valence-corrected chi connectivity index (χ2v) is 9.78. The Bertz CT molecular complexity index is 1550. The Hall–Kier alpha value is -4.59. The minimum Gasteiger partial charge on any atom is -0.497 e. The number of ether oxygens (including phenoxy) is 1. The molecule has 0 fully saturated rings. The molecule has 0 saturated carbocycles. The first kappa shape index (κ1) is 27.0. The van der Waals surface area contributed by atoms with Crippen LogP contribution >= 0.6 is 0 Å². The van der Waals surface area contributed by atoms with Crippen molar-refractivity contribution in [3.8, 4) is 5.75 Å². The molecule has 1 aliphatic carbocycles. The summed E-state index contributed by atoms with van der Waals surface area (Å²) < 4.78 is 5.27. The highest BCUT2D eigenvalue weighted by atomic mass is 16.5. The van der Waals surface area contributed by atoms with Crippen LogP contribution in [0, 0.1) is 0 Å². The predicted octanol–water partition coefficient (Wildman–Crippen LogP) is 3.96.